The van der Waals surface area contributed by atoms with Gasteiger partial charge in [-0.05, 0) is 19.4 Å². The quantitative estimate of drug-likeness (QED) is 0.620. The van der Waals surface area contributed by atoms with E-state index < -0.39 is 5.97 Å². The molecule has 1 unspecified atom stereocenters. The smallest absolute Gasteiger partial charge is 0.305 e. The molecule has 15 heavy (non-hydrogen) atoms. The van der Waals surface area contributed by atoms with Crippen LogP contribution in [0.3, 0.4) is 0 Å². The predicted octanol–water partition coefficient (Wildman–Crippen LogP) is 0.109. The van der Waals surface area contributed by atoms with Crippen LogP contribution in [-0.4, -0.2) is 36.1 Å². The van der Waals surface area contributed by atoms with Crippen LogP contribution in [0, 0.1) is 0 Å². The molecule has 0 bridgehead atoms. The van der Waals surface area contributed by atoms with Gasteiger partial charge in [0.1, 0.15) is 0 Å². The van der Waals surface area contributed by atoms with Crippen LogP contribution in [0.4, 0.5) is 0 Å². The van der Waals surface area contributed by atoms with E-state index >= 15 is 0 Å². The number of nitrogens with one attached hydrogen (secondary N) is 2. The number of hydrogen-bond acceptors (Lipinski definition) is 3. The minimum Gasteiger partial charge on any atom is -0.481 e. The number of carboxylic acid groups (broad SMARTS) is 1. The molecular weight excluding hydrogens is 196 g/mol. The molecule has 1 aliphatic rings. The largest absolute Gasteiger partial charge is 0.481 e. The molecule has 0 saturated carbocycles. The Bertz CT molecular complexity index is 223. The predicted molar refractivity (Wildman–Crippen MR) is 55.5 cm³/mol. The van der Waals surface area contributed by atoms with E-state index in [4.69, 9.17) is 5.11 Å². The van der Waals surface area contributed by atoms with Crippen molar-refractivity contribution in [3.05, 3.63) is 0 Å². The molecule has 1 fully saturated rings. The van der Waals surface area contributed by atoms with Crippen LogP contribution in [0.25, 0.3) is 0 Å². The van der Waals surface area contributed by atoms with Crippen molar-refractivity contribution in [1.82, 2.24) is 10.6 Å². The van der Waals surface area contributed by atoms with Gasteiger partial charge in [0.15, 0.2) is 0 Å². The molecule has 86 valence electrons. The molecule has 1 rings (SSSR count). The third-order valence-corrected chi connectivity index (χ3v) is 2.51. The van der Waals surface area contributed by atoms with Crippen molar-refractivity contribution in [2.24, 2.45) is 0 Å². The summed E-state index contributed by atoms with van der Waals surface area (Å²) in [7, 11) is 0. The summed E-state index contributed by atoms with van der Waals surface area (Å²) in [4.78, 5) is 21.8. The number of amides is 1. The Morgan fingerprint density at radius 2 is 2.13 bits per heavy atom. The topological polar surface area (TPSA) is 78.4 Å². The highest BCUT2D eigenvalue weighted by Gasteiger charge is 2.18. The van der Waals surface area contributed by atoms with Gasteiger partial charge in [-0.1, -0.05) is 12.8 Å². The van der Waals surface area contributed by atoms with Crippen LogP contribution in [0.1, 0.15) is 32.1 Å². The van der Waals surface area contributed by atoms with Crippen molar-refractivity contribution in [2.45, 2.75) is 38.1 Å². The first-order valence-corrected chi connectivity index (χ1v) is 5.43. The molecule has 1 atom stereocenters. The first-order valence-electron chi connectivity index (χ1n) is 5.43. The van der Waals surface area contributed by atoms with Crippen LogP contribution >= 0.6 is 0 Å². The third-order valence-electron chi connectivity index (χ3n) is 2.51. The molecule has 1 saturated heterocycles. The maximum atomic E-state index is 11.6. The molecular formula is C10H18N2O3. The lowest BCUT2D eigenvalue weighted by molar-refractivity contribution is -0.137. The van der Waals surface area contributed by atoms with Crippen molar-refractivity contribution < 1.29 is 14.7 Å². The molecule has 1 aliphatic heterocycles. The second-order valence-corrected chi connectivity index (χ2v) is 3.79. The Morgan fingerprint density at radius 1 is 1.33 bits per heavy atom. The SMILES string of the molecule is O=C(O)CCNC(=O)C1CCCCCN1. The van der Waals surface area contributed by atoms with Crippen molar-refractivity contribution in [3.63, 3.8) is 0 Å². The van der Waals surface area contributed by atoms with E-state index in [1.165, 1.54) is 0 Å². The number of carbonyl (C=O) groups is 2. The Balaban J connectivity index is 2.22. The summed E-state index contributed by atoms with van der Waals surface area (Å²) in [6.45, 7) is 1.09. The molecule has 0 aromatic carbocycles. The van der Waals surface area contributed by atoms with E-state index in [1.807, 2.05) is 0 Å². The summed E-state index contributed by atoms with van der Waals surface area (Å²) >= 11 is 0. The molecule has 0 radical (unpaired) electrons. The van der Waals surface area contributed by atoms with Gasteiger partial charge >= 0.3 is 5.97 Å². The fourth-order valence-electron chi connectivity index (χ4n) is 1.67. The number of rotatable bonds is 4. The standard InChI is InChI=1S/C10H18N2O3/c13-9(14)5-7-12-10(15)8-4-2-1-3-6-11-8/h8,11H,1-7H2,(H,12,15)(H,13,14). The summed E-state index contributed by atoms with van der Waals surface area (Å²) in [6.07, 6.45) is 4.16. The zero-order chi connectivity index (χ0) is 11.1. The molecule has 0 spiro atoms. The minimum atomic E-state index is -0.885. The van der Waals surface area contributed by atoms with Crippen LogP contribution in [0.2, 0.25) is 0 Å². The van der Waals surface area contributed by atoms with E-state index in [-0.39, 0.29) is 24.9 Å². The van der Waals surface area contributed by atoms with Crippen LogP contribution in [0.15, 0.2) is 0 Å². The summed E-state index contributed by atoms with van der Waals surface area (Å²) in [5, 5.41) is 14.2. The van der Waals surface area contributed by atoms with E-state index in [2.05, 4.69) is 10.6 Å². The third kappa shape index (κ3) is 4.78. The lowest BCUT2D eigenvalue weighted by Gasteiger charge is -2.14. The zero-order valence-electron chi connectivity index (χ0n) is 8.79. The Morgan fingerprint density at radius 3 is 2.87 bits per heavy atom. The van der Waals surface area contributed by atoms with Gasteiger partial charge in [-0.3, -0.25) is 9.59 Å². The first kappa shape index (κ1) is 12.0. The Hall–Kier alpha value is -1.10. The second-order valence-electron chi connectivity index (χ2n) is 3.79. The molecule has 5 heteroatoms. The Labute approximate surface area is 89.2 Å². The highest BCUT2D eigenvalue weighted by molar-refractivity contribution is 5.82. The zero-order valence-corrected chi connectivity index (χ0v) is 8.79. The number of carboxylic acids is 1. The first-order chi connectivity index (χ1) is 7.20. The van der Waals surface area contributed by atoms with Gasteiger partial charge in [0.2, 0.25) is 5.91 Å². The van der Waals surface area contributed by atoms with E-state index in [1.54, 1.807) is 0 Å². The fraction of sp³-hybridized carbons (Fsp3) is 0.800. The molecule has 0 aliphatic carbocycles. The highest BCUT2D eigenvalue weighted by Crippen LogP contribution is 2.08. The summed E-state index contributed by atoms with van der Waals surface area (Å²) < 4.78 is 0. The summed E-state index contributed by atoms with van der Waals surface area (Å²) in [6, 6.07) is -0.138. The maximum Gasteiger partial charge on any atom is 0.305 e. The van der Waals surface area contributed by atoms with Crippen molar-refractivity contribution >= 4 is 11.9 Å². The highest BCUT2D eigenvalue weighted by atomic mass is 16.4. The molecule has 5 nitrogen and oxygen atoms in total. The second kappa shape index (κ2) is 6.40. The minimum absolute atomic E-state index is 0.0154. The van der Waals surface area contributed by atoms with Gasteiger partial charge in [0.05, 0.1) is 12.5 Å². The summed E-state index contributed by atoms with van der Waals surface area (Å²) in [5.74, 6) is -0.956. The van der Waals surface area contributed by atoms with Crippen molar-refractivity contribution in [2.75, 3.05) is 13.1 Å². The van der Waals surface area contributed by atoms with Gasteiger partial charge in [-0.25, -0.2) is 0 Å². The Kier molecular flexibility index (Phi) is 5.10. The van der Waals surface area contributed by atoms with Crippen LogP contribution in [0.5, 0.6) is 0 Å². The number of hydrogen-bond donors (Lipinski definition) is 3. The molecule has 1 amide bonds. The maximum absolute atomic E-state index is 11.6. The van der Waals surface area contributed by atoms with Crippen molar-refractivity contribution in [3.8, 4) is 0 Å². The lowest BCUT2D eigenvalue weighted by Crippen LogP contribution is -2.44. The normalized spacial score (nSPS) is 21.7. The number of carbonyl (C=O) groups excluding carboxylic acids is 1. The summed E-state index contributed by atoms with van der Waals surface area (Å²) in [5.41, 5.74) is 0. The molecule has 0 aromatic rings. The molecule has 3 N–H and O–H groups in total. The fourth-order valence-corrected chi connectivity index (χ4v) is 1.67. The van der Waals surface area contributed by atoms with E-state index in [0.717, 1.165) is 32.2 Å². The molecule has 0 aromatic heterocycles. The van der Waals surface area contributed by atoms with E-state index in [0.29, 0.717) is 0 Å². The monoisotopic (exact) mass is 214 g/mol. The van der Waals surface area contributed by atoms with E-state index in [9.17, 15) is 9.59 Å². The molecule has 1 heterocycles. The number of aliphatic carboxylic acids is 1. The van der Waals surface area contributed by atoms with Gasteiger partial charge in [0.25, 0.3) is 0 Å². The van der Waals surface area contributed by atoms with Gasteiger partial charge in [-0.2, -0.15) is 0 Å². The van der Waals surface area contributed by atoms with Crippen LogP contribution < -0.4 is 10.6 Å². The van der Waals surface area contributed by atoms with Gasteiger partial charge in [0, 0.05) is 6.54 Å². The van der Waals surface area contributed by atoms with Crippen molar-refractivity contribution in [1.29, 1.82) is 0 Å². The van der Waals surface area contributed by atoms with Gasteiger partial charge < -0.3 is 15.7 Å². The lowest BCUT2D eigenvalue weighted by atomic mass is 10.1. The van der Waals surface area contributed by atoms with Gasteiger partial charge in [-0.15, -0.1) is 0 Å². The van der Waals surface area contributed by atoms with Crippen LogP contribution in [-0.2, 0) is 9.59 Å². The average Bonchev–Trinajstić information content (AvgIpc) is 2.44. The average molecular weight is 214 g/mol.